The molecule has 0 saturated carbocycles. The van der Waals surface area contributed by atoms with Gasteiger partial charge in [-0.3, -0.25) is 0 Å². The lowest BCUT2D eigenvalue weighted by atomic mass is 9.90. The van der Waals surface area contributed by atoms with Crippen molar-refractivity contribution in [1.82, 2.24) is 9.88 Å². The van der Waals surface area contributed by atoms with Gasteiger partial charge in [0.15, 0.2) is 0 Å². The Morgan fingerprint density at radius 1 is 1.31 bits per heavy atom. The molecule has 0 aliphatic carbocycles. The number of rotatable bonds is 5. The van der Waals surface area contributed by atoms with Crippen LogP contribution in [0, 0.1) is 0 Å². The Morgan fingerprint density at radius 3 is 2.58 bits per heavy atom. The molecule has 5 nitrogen and oxygen atoms in total. The second-order valence-electron chi connectivity index (χ2n) is 7.25. The maximum absolute atomic E-state index is 12.2. The smallest absolute Gasteiger partial charge is 0.410 e. The van der Waals surface area contributed by atoms with E-state index < -0.39 is 5.60 Å². The largest absolute Gasteiger partial charge is 0.444 e. The van der Waals surface area contributed by atoms with Crippen molar-refractivity contribution in [3.05, 3.63) is 61.0 Å². The number of carbonyl (C=O) groups is 1. The number of allylic oxidation sites excluding steroid dienone is 3. The predicted molar refractivity (Wildman–Crippen MR) is 103 cm³/mol. The van der Waals surface area contributed by atoms with Crippen LogP contribution in [-0.4, -0.2) is 34.7 Å². The minimum absolute atomic E-state index is 0.249. The van der Waals surface area contributed by atoms with Crippen molar-refractivity contribution in [2.24, 2.45) is 0 Å². The first-order valence-corrected chi connectivity index (χ1v) is 8.90. The van der Waals surface area contributed by atoms with Crippen LogP contribution in [0.1, 0.15) is 45.1 Å². The van der Waals surface area contributed by atoms with Gasteiger partial charge >= 0.3 is 6.09 Å². The third-order valence-electron chi connectivity index (χ3n) is 4.08. The molecule has 0 atom stereocenters. The van der Waals surface area contributed by atoms with E-state index >= 15 is 0 Å². The Hall–Kier alpha value is -2.56. The summed E-state index contributed by atoms with van der Waals surface area (Å²) in [5.41, 5.74) is 0.574. The van der Waals surface area contributed by atoms with Crippen molar-refractivity contribution in [3.8, 4) is 5.88 Å². The van der Waals surface area contributed by atoms with Crippen LogP contribution in [0.25, 0.3) is 0 Å². The molecular formula is C21H28N2O3. The molecule has 1 amide bonds. The minimum atomic E-state index is -0.475. The fourth-order valence-corrected chi connectivity index (χ4v) is 2.87. The highest BCUT2D eigenvalue weighted by Crippen LogP contribution is 2.34. The van der Waals surface area contributed by atoms with E-state index in [2.05, 4.69) is 18.1 Å². The molecule has 1 aromatic rings. The Balaban J connectivity index is 2.05. The number of piperidine rings is 1. The molecule has 2 rings (SSSR count). The molecular weight excluding hydrogens is 328 g/mol. The van der Waals surface area contributed by atoms with E-state index in [9.17, 15) is 4.79 Å². The second-order valence-corrected chi connectivity index (χ2v) is 7.25. The summed E-state index contributed by atoms with van der Waals surface area (Å²) in [4.78, 5) is 18.4. The van der Waals surface area contributed by atoms with Crippen molar-refractivity contribution in [2.45, 2.75) is 45.1 Å². The highest BCUT2D eigenvalue weighted by atomic mass is 16.6. The standard InChI is InChI=1S/C21H28N2O3/c1-6-9-17(7-2)25-19-18(10-8-13-22-19)16-11-14-23(15-12-16)20(24)26-21(3,4)5/h6-10,13,16H,1-2,11-12,14-15H2,3-5H3/b17-9+. The van der Waals surface area contributed by atoms with Gasteiger partial charge in [-0.2, -0.15) is 0 Å². The third-order valence-corrected chi connectivity index (χ3v) is 4.08. The topological polar surface area (TPSA) is 51.7 Å². The van der Waals surface area contributed by atoms with Crippen molar-refractivity contribution in [1.29, 1.82) is 0 Å². The molecule has 0 aromatic carbocycles. The Morgan fingerprint density at radius 2 is 2.00 bits per heavy atom. The maximum Gasteiger partial charge on any atom is 0.410 e. The lowest BCUT2D eigenvalue weighted by Crippen LogP contribution is -2.41. The van der Waals surface area contributed by atoms with Gasteiger partial charge in [0.1, 0.15) is 11.4 Å². The first kappa shape index (κ1) is 19.8. The number of likely N-dealkylation sites (tertiary alicyclic amines) is 1. The Kier molecular flexibility index (Phi) is 6.61. The van der Waals surface area contributed by atoms with Crippen LogP contribution in [0.2, 0.25) is 0 Å². The van der Waals surface area contributed by atoms with Gasteiger partial charge in [0.25, 0.3) is 0 Å². The van der Waals surface area contributed by atoms with Gasteiger partial charge in [-0.25, -0.2) is 9.78 Å². The molecule has 1 aliphatic heterocycles. The number of ether oxygens (including phenoxy) is 2. The molecule has 26 heavy (non-hydrogen) atoms. The van der Waals surface area contributed by atoms with Crippen LogP contribution < -0.4 is 4.74 Å². The molecule has 0 radical (unpaired) electrons. The molecule has 0 bridgehead atoms. The third kappa shape index (κ3) is 5.48. The summed E-state index contributed by atoms with van der Waals surface area (Å²) in [6.45, 7) is 14.4. The summed E-state index contributed by atoms with van der Waals surface area (Å²) in [7, 11) is 0. The summed E-state index contributed by atoms with van der Waals surface area (Å²) in [5, 5.41) is 0. The van der Waals surface area contributed by atoms with Crippen LogP contribution in [0.5, 0.6) is 5.88 Å². The molecule has 0 N–H and O–H groups in total. The summed E-state index contributed by atoms with van der Waals surface area (Å²) in [5.74, 6) is 1.47. The average molecular weight is 356 g/mol. The SMILES string of the molecule is C=C/C=C(\C=C)Oc1ncccc1C1CCN(C(=O)OC(C)(C)C)CC1. The molecule has 1 saturated heterocycles. The fourth-order valence-electron chi connectivity index (χ4n) is 2.87. The molecule has 5 heteroatoms. The number of hydrogen-bond donors (Lipinski definition) is 0. The quantitative estimate of drug-likeness (QED) is 0.560. The zero-order valence-electron chi connectivity index (χ0n) is 15.9. The summed E-state index contributed by atoms with van der Waals surface area (Å²) < 4.78 is 11.3. The van der Waals surface area contributed by atoms with Crippen molar-refractivity contribution >= 4 is 6.09 Å². The molecule has 140 valence electrons. The number of amides is 1. The number of aromatic nitrogens is 1. The molecule has 0 unspecified atom stereocenters. The predicted octanol–water partition coefficient (Wildman–Crippen LogP) is 4.83. The van der Waals surface area contributed by atoms with Crippen LogP contribution in [0.15, 0.2) is 55.5 Å². The van der Waals surface area contributed by atoms with E-state index in [0.29, 0.717) is 24.7 Å². The first-order valence-electron chi connectivity index (χ1n) is 8.90. The molecule has 1 aliphatic rings. The summed E-state index contributed by atoms with van der Waals surface area (Å²) in [6.07, 6.45) is 8.18. The maximum atomic E-state index is 12.2. The minimum Gasteiger partial charge on any atom is -0.444 e. The zero-order chi connectivity index (χ0) is 19.2. The monoisotopic (exact) mass is 356 g/mol. The highest BCUT2D eigenvalue weighted by molar-refractivity contribution is 5.68. The van der Waals surface area contributed by atoms with E-state index in [-0.39, 0.29) is 12.0 Å². The van der Waals surface area contributed by atoms with Gasteiger partial charge < -0.3 is 14.4 Å². The van der Waals surface area contributed by atoms with Gasteiger partial charge in [0.2, 0.25) is 5.88 Å². The van der Waals surface area contributed by atoms with Crippen molar-refractivity contribution in [3.63, 3.8) is 0 Å². The lowest BCUT2D eigenvalue weighted by molar-refractivity contribution is 0.0204. The second kappa shape index (κ2) is 8.70. The molecule has 1 aromatic heterocycles. The lowest BCUT2D eigenvalue weighted by Gasteiger charge is -2.33. The number of pyridine rings is 1. The van der Waals surface area contributed by atoms with Gasteiger partial charge in [0, 0.05) is 24.8 Å². The van der Waals surface area contributed by atoms with Gasteiger partial charge in [-0.1, -0.05) is 25.3 Å². The van der Waals surface area contributed by atoms with Crippen molar-refractivity contribution in [2.75, 3.05) is 13.1 Å². The average Bonchev–Trinajstić information content (AvgIpc) is 2.60. The van der Waals surface area contributed by atoms with E-state index in [0.717, 1.165) is 18.4 Å². The van der Waals surface area contributed by atoms with Crippen LogP contribution in [-0.2, 0) is 4.74 Å². The number of carbonyl (C=O) groups excluding carboxylic acids is 1. The Labute approximate surface area is 156 Å². The fraction of sp³-hybridized carbons (Fsp3) is 0.429. The summed E-state index contributed by atoms with van der Waals surface area (Å²) in [6, 6.07) is 3.94. The van der Waals surface area contributed by atoms with Gasteiger partial charge in [-0.05, 0) is 57.7 Å². The molecule has 1 fully saturated rings. The van der Waals surface area contributed by atoms with Crippen LogP contribution in [0.4, 0.5) is 4.79 Å². The van der Waals surface area contributed by atoms with Crippen molar-refractivity contribution < 1.29 is 14.3 Å². The van der Waals surface area contributed by atoms with Crippen LogP contribution >= 0.6 is 0 Å². The van der Waals surface area contributed by atoms with Crippen LogP contribution in [0.3, 0.4) is 0 Å². The van der Waals surface area contributed by atoms with E-state index in [4.69, 9.17) is 9.47 Å². The van der Waals surface area contributed by atoms with E-state index in [1.807, 2.05) is 32.9 Å². The summed E-state index contributed by atoms with van der Waals surface area (Å²) >= 11 is 0. The highest BCUT2D eigenvalue weighted by Gasteiger charge is 2.29. The first-order chi connectivity index (χ1) is 12.3. The van der Waals surface area contributed by atoms with Gasteiger partial charge in [0.05, 0.1) is 0 Å². The van der Waals surface area contributed by atoms with Gasteiger partial charge in [-0.15, -0.1) is 0 Å². The van der Waals surface area contributed by atoms with E-state index in [1.54, 1.807) is 29.3 Å². The number of nitrogens with zero attached hydrogens (tertiary/aromatic N) is 2. The zero-order valence-corrected chi connectivity index (χ0v) is 15.9. The Bertz CT molecular complexity index is 681. The molecule has 0 spiro atoms. The molecule has 2 heterocycles. The van der Waals surface area contributed by atoms with E-state index in [1.165, 1.54) is 0 Å². The number of hydrogen-bond acceptors (Lipinski definition) is 4. The normalized spacial score (nSPS) is 16.1.